The van der Waals surface area contributed by atoms with E-state index in [0.29, 0.717) is 5.92 Å². The number of hydrogen-bond donors (Lipinski definition) is 1. The third-order valence-electron chi connectivity index (χ3n) is 3.41. The molecule has 2 nitrogen and oxygen atoms in total. The van der Waals surface area contributed by atoms with Crippen LogP contribution in [0.1, 0.15) is 50.8 Å². The maximum Gasteiger partial charge on any atom is 0.182 e. The number of aromatic amines is 1. The molecule has 102 valence electrons. The standard InChI is InChI=1S/C16H22N2S/c1-4-5-6-13-7-9-14(10-8-13)18-15(12(2)3)11-17-16(18)19/h7-12H,4-6H2,1-3H3,(H,17,19). The van der Waals surface area contributed by atoms with Gasteiger partial charge in [-0.15, -0.1) is 0 Å². The van der Waals surface area contributed by atoms with Gasteiger partial charge in [0.2, 0.25) is 0 Å². The molecule has 0 aliphatic carbocycles. The summed E-state index contributed by atoms with van der Waals surface area (Å²) in [5.74, 6) is 0.452. The molecular weight excluding hydrogens is 252 g/mol. The van der Waals surface area contributed by atoms with Gasteiger partial charge in [-0.2, -0.15) is 0 Å². The summed E-state index contributed by atoms with van der Waals surface area (Å²) in [5.41, 5.74) is 3.78. The van der Waals surface area contributed by atoms with Crippen LogP contribution >= 0.6 is 12.2 Å². The van der Waals surface area contributed by atoms with Crippen molar-refractivity contribution in [1.82, 2.24) is 9.55 Å². The minimum Gasteiger partial charge on any atom is -0.337 e. The molecule has 2 rings (SSSR count). The first-order valence-corrected chi connectivity index (χ1v) is 7.44. The zero-order valence-electron chi connectivity index (χ0n) is 11.9. The molecule has 0 bridgehead atoms. The fraction of sp³-hybridized carbons (Fsp3) is 0.438. The molecule has 0 amide bonds. The van der Waals surface area contributed by atoms with Crippen molar-refractivity contribution in [2.45, 2.75) is 46.0 Å². The SMILES string of the molecule is CCCCc1ccc(-n2c(C(C)C)c[nH]c2=S)cc1. The van der Waals surface area contributed by atoms with E-state index in [0.717, 1.165) is 16.9 Å². The lowest BCUT2D eigenvalue weighted by Gasteiger charge is -2.11. The second-order valence-electron chi connectivity index (χ2n) is 5.28. The summed E-state index contributed by atoms with van der Waals surface area (Å²) in [4.78, 5) is 3.14. The Hall–Kier alpha value is -1.35. The summed E-state index contributed by atoms with van der Waals surface area (Å²) in [6.07, 6.45) is 5.66. The van der Waals surface area contributed by atoms with E-state index in [1.165, 1.54) is 24.1 Å². The van der Waals surface area contributed by atoms with Crippen LogP contribution in [0.25, 0.3) is 5.69 Å². The van der Waals surface area contributed by atoms with E-state index in [1.807, 2.05) is 6.20 Å². The average molecular weight is 274 g/mol. The minimum absolute atomic E-state index is 0.452. The van der Waals surface area contributed by atoms with Crippen LogP contribution in [0.15, 0.2) is 30.5 Å². The minimum atomic E-state index is 0.452. The summed E-state index contributed by atoms with van der Waals surface area (Å²) in [5, 5.41) is 0. The quantitative estimate of drug-likeness (QED) is 0.761. The maximum atomic E-state index is 5.38. The van der Waals surface area contributed by atoms with Gasteiger partial charge in [0.1, 0.15) is 0 Å². The first-order chi connectivity index (χ1) is 9.13. The Morgan fingerprint density at radius 3 is 2.47 bits per heavy atom. The number of aromatic nitrogens is 2. The van der Waals surface area contributed by atoms with Gasteiger partial charge in [-0.1, -0.05) is 39.3 Å². The number of benzene rings is 1. The van der Waals surface area contributed by atoms with Gasteiger partial charge in [-0.3, -0.25) is 4.57 Å². The number of hydrogen-bond acceptors (Lipinski definition) is 1. The molecule has 0 atom stereocenters. The second kappa shape index (κ2) is 6.20. The van der Waals surface area contributed by atoms with E-state index in [-0.39, 0.29) is 0 Å². The van der Waals surface area contributed by atoms with Gasteiger partial charge >= 0.3 is 0 Å². The summed E-state index contributed by atoms with van der Waals surface area (Å²) in [6.45, 7) is 6.59. The zero-order valence-corrected chi connectivity index (χ0v) is 12.8. The molecule has 1 N–H and O–H groups in total. The number of unbranched alkanes of at least 4 members (excludes halogenated alkanes) is 1. The molecule has 0 aliphatic heterocycles. The number of rotatable bonds is 5. The van der Waals surface area contributed by atoms with Gasteiger partial charge in [-0.25, -0.2) is 0 Å². The molecule has 1 aromatic carbocycles. The number of nitrogens with zero attached hydrogens (tertiary/aromatic N) is 1. The van der Waals surface area contributed by atoms with Gasteiger partial charge in [0.25, 0.3) is 0 Å². The van der Waals surface area contributed by atoms with E-state index in [2.05, 4.69) is 54.6 Å². The van der Waals surface area contributed by atoms with Crippen molar-refractivity contribution < 1.29 is 0 Å². The molecule has 0 spiro atoms. The topological polar surface area (TPSA) is 20.7 Å². The number of H-pyrrole nitrogens is 1. The Morgan fingerprint density at radius 1 is 1.21 bits per heavy atom. The van der Waals surface area contributed by atoms with Gasteiger partial charge in [0.05, 0.1) is 0 Å². The summed E-state index contributed by atoms with van der Waals surface area (Å²) >= 11 is 5.38. The van der Waals surface area contributed by atoms with Crippen molar-refractivity contribution in [2.24, 2.45) is 0 Å². The van der Waals surface area contributed by atoms with Crippen molar-refractivity contribution >= 4 is 12.2 Å². The molecule has 2 aromatic rings. The van der Waals surface area contributed by atoms with Crippen molar-refractivity contribution in [3.05, 3.63) is 46.5 Å². The van der Waals surface area contributed by atoms with Crippen molar-refractivity contribution in [3.63, 3.8) is 0 Å². The van der Waals surface area contributed by atoms with Crippen molar-refractivity contribution in [2.75, 3.05) is 0 Å². The van der Waals surface area contributed by atoms with E-state index in [1.54, 1.807) is 0 Å². The largest absolute Gasteiger partial charge is 0.337 e. The Balaban J connectivity index is 2.32. The fourth-order valence-electron chi connectivity index (χ4n) is 2.27. The summed E-state index contributed by atoms with van der Waals surface area (Å²) < 4.78 is 2.90. The van der Waals surface area contributed by atoms with E-state index in [4.69, 9.17) is 12.2 Å². The van der Waals surface area contributed by atoms with Crippen LogP contribution in [0.5, 0.6) is 0 Å². The van der Waals surface area contributed by atoms with Crippen molar-refractivity contribution in [3.8, 4) is 5.69 Å². The predicted molar refractivity (Wildman–Crippen MR) is 83.7 cm³/mol. The van der Waals surface area contributed by atoms with E-state index in [9.17, 15) is 0 Å². The first kappa shape index (κ1) is 14.1. The fourth-order valence-corrected chi connectivity index (χ4v) is 2.54. The van der Waals surface area contributed by atoms with E-state index < -0.39 is 0 Å². The van der Waals surface area contributed by atoms with Crippen LogP contribution in [0.4, 0.5) is 0 Å². The Kier molecular flexibility index (Phi) is 4.59. The molecule has 1 heterocycles. The van der Waals surface area contributed by atoms with Crippen LogP contribution < -0.4 is 0 Å². The predicted octanol–water partition coefficient (Wildman–Crippen LogP) is 5.00. The smallest absolute Gasteiger partial charge is 0.182 e. The first-order valence-electron chi connectivity index (χ1n) is 7.03. The Labute approximate surface area is 120 Å². The third kappa shape index (κ3) is 3.16. The lowest BCUT2D eigenvalue weighted by molar-refractivity contribution is 0.780. The Morgan fingerprint density at radius 2 is 1.89 bits per heavy atom. The zero-order chi connectivity index (χ0) is 13.8. The molecule has 0 aliphatic rings. The molecule has 1 aromatic heterocycles. The highest BCUT2D eigenvalue weighted by Gasteiger charge is 2.09. The average Bonchev–Trinajstić information content (AvgIpc) is 2.79. The van der Waals surface area contributed by atoms with Crippen LogP contribution in [-0.2, 0) is 6.42 Å². The molecule has 0 radical (unpaired) electrons. The molecule has 0 saturated heterocycles. The summed E-state index contributed by atoms with van der Waals surface area (Å²) in [7, 11) is 0. The molecule has 3 heteroatoms. The third-order valence-corrected chi connectivity index (χ3v) is 3.71. The number of aryl methyl sites for hydroxylation is 1. The summed E-state index contributed by atoms with van der Waals surface area (Å²) in [6, 6.07) is 8.76. The highest BCUT2D eigenvalue weighted by Crippen LogP contribution is 2.20. The van der Waals surface area contributed by atoms with Gasteiger partial charge in [0, 0.05) is 17.6 Å². The van der Waals surface area contributed by atoms with Crippen LogP contribution in [-0.4, -0.2) is 9.55 Å². The van der Waals surface area contributed by atoms with E-state index >= 15 is 0 Å². The maximum absolute atomic E-state index is 5.38. The highest BCUT2D eigenvalue weighted by molar-refractivity contribution is 7.71. The normalized spacial score (nSPS) is 11.2. The second-order valence-corrected chi connectivity index (χ2v) is 5.67. The lowest BCUT2D eigenvalue weighted by atomic mass is 10.1. The number of imidazole rings is 1. The lowest BCUT2D eigenvalue weighted by Crippen LogP contribution is -2.02. The highest BCUT2D eigenvalue weighted by atomic mass is 32.1. The van der Waals surface area contributed by atoms with Crippen LogP contribution in [0.3, 0.4) is 0 Å². The monoisotopic (exact) mass is 274 g/mol. The molecule has 19 heavy (non-hydrogen) atoms. The van der Waals surface area contributed by atoms with Gasteiger partial charge in [-0.05, 0) is 48.7 Å². The molecular formula is C16H22N2S. The van der Waals surface area contributed by atoms with Gasteiger partial charge < -0.3 is 4.98 Å². The molecule has 0 fully saturated rings. The van der Waals surface area contributed by atoms with Crippen LogP contribution in [0, 0.1) is 4.77 Å². The van der Waals surface area contributed by atoms with Crippen LogP contribution in [0.2, 0.25) is 0 Å². The number of nitrogens with one attached hydrogen (secondary N) is 1. The Bertz CT molecular complexity index is 576. The molecule has 0 saturated carbocycles. The molecule has 0 unspecified atom stereocenters. The van der Waals surface area contributed by atoms with Crippen molar-refractivity contribution in [1.29, 1.82) is 0 Å². The van der Waals surface area contributed by atoms with Gasteiger partial charge in [0.15, 0.2) is 4.77 Å².